The van der Waals surface area contributed by atoms with Gasteiger partial charge in [0.15, 0.2) is 5.41 Å². The van der Waals surface area contributed by atoms with Crippen LogP contribution in [0.2, 0.25) is 5.02 Å². The molecule has 150 valence electrons. The van der Waals surface area contributed by atoms with Crippen molar-refractivity contribution in [2.45, 2.75) is 37.0 Å². The maximum atomic E-state index is 14.7. The molecule has 2 aromatic carbocycles. The van der Waals surface area contributed by atoms with Gasteiger partial charge in [0.2, 0.25) is 5.91 Å². The maximum absolute atomic E-state index is 14.7. The van der Waals surface area contributed by atoms with Crippen molar-refractivity contribution >= 4 is 23.2 Å². The highest BCUT2D eigenvalue weighted by atomic mass is 35.5. The first-order valence-electron chi connectivity index (χ1n) is 9.29. The zero-order chi connectivity index (χ0) is 20.6. The number of fused-ring (bicyclic) bond motifs is 1. The number of carbonyl (C=O) groups is 1. The lowest BCUT2D eigenvalue weighted by Gasteiger charge is -2.42. The molecule has 0 spiro atoms. The molecule has 2 aromatic rings. The minimum absolute atomic E-state index is 0.0587. The Labute approximate surface area is 171 Å². The third-order valence-electron chi connectivity index (χ3n) is 5.21. The normalized spacial score (nSPS) is 23.6. The van der Waals surface area contributed by atoms with Crippen molar-refractivity contribution in [1.29, 1.82) is 0 Å². The van der Waals surface area contributed by atoms with Crippen LogP contribution in [0.4, 0.5) is 18.9 Å². The molecule has 0 aromatic heterocycles. The number of hydrogen-bond acceptors (Lipinski definition) is 2. The number of amides is 1. The molecule has 0 radical (unpaired) electrons. The van der Waals surface area contributed by atoms with Gasteiger partial charge >= 0.3 is 6.18 Å². The molecule has 1 aliphatic carbocycles. The number of alkyl halides is 3. The van der Waals surface area contributed by atoms with E-state index in [1.807, 2.05) is 6.07 Å². The molecule has 1 heterocycles. The van der Waals surface area contributed by atoms with E-state index in [4.69, 9.17) is 11.6 Å². The number of anilines is 1. The van der Waals surface area contributed by atoms with Crippen LogP contribution in [0.15, 0.2) is 48.5 Å². The Morgan fingerprint density at radius 3 is 2.55 bits per heavy atom. The molecule has 0 saturated heterocycles. The van der Waals surface area contributed by atoms with E-state index in [2.05, 4.69) is 22.5 Å². The van der Waals surface area contributed by atoms with Gasteiger partial charge in [-0.05, 0) is 36.6 Å². The SMILES string of the molecule is O=C1Nc2ccc(Cl)cc2[C@@](C#CC2CC2)(C(F)(F)F)[C@H]1NCc1ccccc1. The average molecular weight is 419 g/mol. The van der Waals surface area contributed by atoms with Crippen molar-refractivity contribution in [1.82, 2.24) is 5.32 Å². The summed E-state index contributed by atoms with van der Waals surface area (Å²) in [7, 11) is 0. The number of halogens is 4. The summed E-state index contributed by atoms with van der Waals surface area (Å²) >= 11 is 6.04. The minimum atomic E-state index is -4.79. The van der Waals surface area contributed by atoms with Gasteiger partial charge in [-0.3, -0.25) is 10.1 Å². The third kappa shape index (κ3) is 3.73. The minimum Gasteiger partial charge on any atom is -0.324 e. The highest BCUT2D eigenvalue weighted by Crippen LogP contribution is 2.49. The van der Waals surface area contributed by atoms with E-state index in [-0.39, 0.29) is 28.7 Å². The Morgan fingerprint density at radius 1 is 1.17 bits per heavy atom. The Balaban J connectivity index is 1.84. The highest BCUT2D eigenvalue weighted by molar-refractivity contribution is 6.30. The second-order valence-corrected chi connectivity index (χ2v) is 7.76. The van der Waals surface area contributed by atoms with Crippen molar-refractivity contribution in [3.05, 3.63) is 64.7 Å². The average Bonchev–Trinajstić information content (AvgIpc) is 3.50. The van der Waals surface area contributed by atoms with E-state index in [1.54, 1.807) is 24.3 Å². The summed E-state index contributed by atoms with van der Waals surface area (Å²) in [6.07, 6.45) is -3.24. The summed E-state index contributed by atoms with van der Waals surface area (Å²) in [6, 6.07) is 11.4. The molecular formula is C22H18ClF3N2O. The van der Waals surface area contributed by atoms with Crippen LogP contribution in [0.5, 0.6) is 0 Å². The van der Waals surface area contributed by atoms with Crippen LogP contribution in [0.3, 0.4) is 0 Å². The lowest BCUT2D eigenvalue weighted by Crippen LogP contribution is -2.63. The van der Waals surface area contributed by atoms with E-state index in [0.717, 1.165) is 18.4 Å². The van der Waals surface area contributed by atoms with Gasteiger partial charge < -0.3 is 5.32 Å². The van der Waals surface area contributed by atoms with Crippen LogP contribution < -0.4 is 10.6 Å². The molecule has 2 atom stereocenters. The van der Waals surface area contributed by atoms with Gasteiger partial charge in [0.25, 0.3) is 0 Å². The molecule has 1 aliphatic heterocycles. The van der Waals surface area contributed by atoms with E-state index in [0.29, 0.717) is 0 Å². The summed E-state index contributed by atoms with van der Waals surface area (Å²) in [5.74, 6) is 4.41. The van der Waals surface area contributed by atoms with Crippen LogP contribution in [0.25, 0.3) is 0 Å². The Morgan fingerprint density at radius 2 is 1.90 bits per heavy atom. The zero-order valence-corrected chi connectivity index (χ0v) is 16.1. The second-order valence-electron chi connectivity index (χ2n) is 7.33. The first kappa shape index (κ1) is 19.8. The van der Waals surface area contributed by atoms with E-state index >= 15 is 0 Å². The van der Waals surface area contributed by atoms with Crippen LogP contribution in [0.1, 0.15) is 24.0 Å². The van der Waals surface area contributed by atoms with Gasteiger partial charge in [-0.15, -0.1) is 0 Å². The van der Waals surface area contributed by atoms with E-state index in [1.165, 1.54) is 18.2 Å². The predicted molar refractivity (Wildman–Crippen MR) is 105 cm³/mol. The summed E-state index contributed by atoms with van der Waals surface area (Å²) in [4.78, 5) is 12.8. The van der Waals surface area contributed by atoms with Crippen molar-refractivity contribution in [3.8, 4) is 11.8 Å². The summed E-state index contributed by atoms with van der Waals surface area (Å²) < 4.78 is 44.0. The lowest BCUT2D eigenvalue weighted by molar-refractivity contribution is -0.184. The molecule has 3 nitrogen and oxygen atoms in total. The lowest BCUT2D eigenvalue weighted by atomic mass is 9.70. The number of nitrogens with one attached hydrogen (secondary N) is 2. The molecular weight excluding hydrogens is 401 g/mol. The van der Waals surface area contributed by atoms with Crippen LogP contribution in [0, 0.1) is 17.8 Å². The Kier molecular flexibility index (Phi) is 5.05. The molecule has 0 unspecified atom stereocenters. The molecule has 1 saturated carbocycles. The van der Waals surface area contributed by atoms with Gasteiger partial charge in [0, 0.05) is 28.7 Å². The predicted octanol–water partition coefficient (Wildman–Crippen LogP) is 4.66. The fourth-order valence-corrected chi connectivity index (χ4v) is 3.71. The number of carbonyl (C=O) groups excluding carboxylic acids is 1. The molecule has 29 heavy (non-hydrogen) atoms. The number of rotatable bonds is 3. The topological polar surface area (TPSA) is 41.1 Å². The van der Waals surface area contributed by atoms with Crippen molar-refractivity contribution < 1.29 is 18.0 Å². The first-order valence-corrected chi connectivity index (χ1v) is 9.67. The molecule has 1 amide bonds. The third-order valence-corrected chi connectivity index (χ3v) is 5.45. The standard InChI is InChI=1S/C22H18ClF3N2O/c23-16-8-9-18-17(12-16)21(22(24,25)26,11-10-14-6-7-14)19(20(29)28-18)27-13-15-4-2-1-3-5-15/h1-5,8-9,12,14,19,27H,6-7,13H2,(H,28,29)/t19-,21+/m0/s1. The number of benzene rings is 2. The van der Waals surface area contributed by atoms with Crippen LogP contribution in [-0.2, 0) is 16.8 Å². The monoisotopic (exact) mass is 418 g/mol. The van der Waals surface area contributed by atoms with E-state index in [9.17, 15) is 18.0 Å². The summed E-state index contributed by atoms with van der Waals surface area (Å²) in [5, 5.41) is 5.54. The molecule has 4 rings (SSSR count). The molecule has 1 fully saturated rings. The fraction of sp³-hybridized carbons (Fsp3) is 0.318. The summed E-state index contributed by atoms with van der Waals surface area (Å²) in [6.45, 7) is 0.0950. The van der Waals surface area contributed by atoms with Gasteiger partial charge in [0.05, 0.1) is 0 Å². The molecule has 7 heteroatoms. The zero-order valence-electron chi connectivity index (χ0n) is 15.3. The van der Waals surface area contributed by atoms with Gasteiger partial charge in [-0.1, -0.05) is 53.8 Å². The fourth-order valence-electron chi connectivity index (χ4n) is 3.54. The van der Waals surface area contributed by atoms with Crippen molar-refractivity contribution in [2.75, 3.05) is 5.32 Å². The first-order chi connectivity index (χ1) is 13.8. The van der Waals surface area contributed by atoms with Crippen LogP contribution >= 0.6 is 11.6 Å². The molecule has 0 bridgehead atoms. The van der Waals surface area contributed by atoms with Gasteiger partial charge in [-0.2, -0.15) is 13.2 Å². The van der Waals surface area contributed by atoms with Gasteiger partial charge in [0.1, 0.15) is 6.04 Å². The van der Waals surface area contributed by atoms with Crippen molar-refractivity contribution in [3.63, 3.8) is 0 Å². The quantitative estimate of drug-likeness (QED) is 0.711. The Bertz CT molecular complexity index is 993. The van der Waals surface area contributed by atoms with Gasteiger partial charge in [-0.25, -0.2) is 0 Å². The number of hydrogen-bond donors (Lipinski definition) is 2. The summed E-state index contributed by atoms with van der Waals surface area (Å²) in [5.41, 5.74) is -1.97. The molecule has 2 aliphatic rings. The second kappa shape index (κ2) is 7.40. The molecule has 2 N–H and O–H groups in total. The smallest absolute Gasteiger partial charge is 0.324 e. The van der Waals surface area contributed by atoms with E-state index < -0.39 is 23.5 Å². The Hall–Kier alpha value is -2.49. The van der Waals surface area contributed by atoms with Crippen LogP contribution in [-0.4, -0.2) is 18.1 Å². The maximum Gasteiger partial charge on any atom is 0.411 e. The highest BCUT2D eigenvalue weighted by Gasteiger charge is 2.64. The van der Waals surface area contributed by atoms with Crippen molar-refractivity contribution in [2.24, 2.45) is 5.92 Å². The largest absolute Gasteiger partial charge is 0.411 e.